The number of benzene rings is 1. The highest BCUT2D eigenvalue weighted by atomic mass is 35.5. The van der Waals surface area contributed by atoms with Gasteiger partial charge >= 0.3 is 0 Å². The van der Waals surface area contributed by atoms with E-state index in [0.717, 1.165) is 16.6 Å². The van der Waals surface area contributed by atoms with Gasteiger partial charge in [-0.05, 0) is 30.5 Å². The van der Waals surface area contributed by atoms with E-state index in [1.165, 1.54) is 25.7 Å². The van der Waals surface area contributed by atoms with Crippen LogP contribution in [0.5, 0.6) is 5.75 Å². The molecule has 1 N–H and O–H groups in total. The third kappa shape index (κ3) is 3.56. The topological polar surface area (TPSA) is 29.5 Å². The first-order chi connectivity index (χ1) is 8.70. The molecule has 1 saturated carbocycles. The maximum Gasteiger partial charge on any atom is 0.137 e. The van der Waals surface area contributed by atoms with Gasteiger partial charge in [-0.3, -0.25) is 0 Å². The molecule has 0 bridgehead atoms. The largest absolute Gasteiger partial charge is 0.495 e. The molecule has 4 heteroatoms. The number of aliphatic hydroxyl groups is 1. The van der Waals surface area contributed by atoms with E-state index in [1.807, 2.05) is 23.9 Å². The number of methoxy groups -OCH3 is 1. The van der Waals surface area contributed by atoms with E-state index >= 15 is 0 Å². The molecule has 1 aromatic rings. The zero-order valence-electron chi connectivity index (χ0n) is 10.6. The summed E-state index contributed by atoms with van der Waals surface area (Å²) in [5.41, 5.74) is 0.877. The van der Waals surface area contributed by atoms with Crippen molar-refractivity contribution in [2.24, 2.45) is 0 Å². The molecule has 2 nitrogen and oxygen atoms in total. The van der Waals surface area contributed by atoms with E-state index in [0.29, 0.717) is 10.8 Å². The molecule has 1 atom stereocenters. The number of ether oxygens (including phenoxy) is 1. The molecule has 1 aliphatic carbocycles. The van der Waals surface area contributed by atoms with Crippen LogP contribution in [-0.2, 0) is 0 Å². The van der Waals surface area contributed by atoms with Crippen molar-refractivity contribution < 1.29 is 9.84 Å². The van der Waals surface area contributed by atoms with Crippen LogP contribution in [0, 0.1) is 0 Å². The third-order valence-electron chi connectivity index (χ3n) is 3.35. The van der Waals surface area contributed by atoms with Crippen molar-refractivity contribution in [2.75, 3.05) is 12.9 Å². The van der Waals surface area contributed by atoms with Gasteiger partial charge in [0.1, 0.15) is 5.75 Å². The van der Waals surface area contributed by atoms with Crippen LogP contribution >= 0.6 is 23.4 Å². The monoisotopic (exact) mass is 286 g/mol. The predicted molar refractivity (Wildman–Crippen MR) is 77.7 cm³/mol. The highest BCUT2D eigenvalue weighted by Crippen LogP contribution is 2.33. The summed E-state index contributed by atoms with van der Waals surface area (Å²) in [6.45, 7) is 0. The fourth-order valence-electron chi connectivity index (χ4n) is 2.26. The van der Waals surface area contributed by atoms with Gasteiger partial charge in [0.15, 0.2) is 0 Å². The number of halogens is 1. The molecular weight excluding hydrogens is 268 g/mol. The average Bonchev–Trinajstić information content (AvgIpc) is 2.89. The molecule has 0 spiro atoms. The predicted octanol–water partition coefficient (Wildman–Crippen LogP) is 4.06. The molecule has 0 aliphatic heterocycles. The zero-order valence-corrected chi connectivity index (χ0v) is 12.1. The first-order valence-corrected chi connectivity index (χ1v) is 7.76. The van der Waals surface area contributed by atoms with Crippen molar-refractivity contribution in [1.82, 2.24) is 0 Å². The lowest BCUT2D eigenvalue weighted by Gasteiger charge is -2.15. The molecule has 1 fully saturated rings. The molecule has 0 aromatic heterocycles. The minimum Gasteiger partial charge on any atom is -0.495 e. The standard InChI is InChI=1S/C14H19ClO2S/c1-17-14-8-10(6-7-12(14)15)13(16)9-18-11-4-2-3-5-11/h6-8,11,13,16H,2-5,9H2,1H3. The minimum atomic E-state index is -0.443. The van der Waals surface area contributed by atoms with Crippen LogP contribution in [0.4, 0.5) is 0 Å². The Labute approximate surface area is 118 Å². The Bertz CT molecular complexity index is 391. The van der Waals surface area contributed by atoms with E-state index in [-0.39, 0.29) is 0 Å². The molecule has 1 aliphatic rings. The van der Waals surface area contributed by atoms with E-state index < -0.39 is 6.10 Å². The van der Waals surface area contributed by atoms with Crippen LogP contribution in [0.15, 0.2) is 18.2 Å². The average molecular weight is 287 g/mol. The molecule has 0 heterocycles. The summed E-state index contributed by atoms with van der Waals surface area (Å²) in [6, 6.07) is 5.46. The Kier molecular flexibility index (Phi) is 5.22. The van der Waals surface area contributed by atoms with Gasteiger partial charge in [-0.25, -0.2) is 0 Å². The molecule has 0 radical (unpaired) electrons. The molecular formula is C14H19ClO2S. The Hall–Kier alpha value is -0.380. The number of hydrogen-bond acceptors (Lipinski definition) is 3. The van der Waals surface area contributed by atoms with Crippen molar-refractivity contribution in [3.8, 4) is 5.75 Å². The fraction of sp³-hybridized carbons (Fsp3) is 0.571. The van der Waals surface area contributed by atoms with Gasteiger partial charge < -0.3 is 9.84 Å². The van der Waals surface area contributed by atoms with Gasteiger partial charge in [-0.15, -0.1) is 0 Å². The van der Waals surface area contributed by atoms with Gasteiger partial charge in [0.05, 0.1) is 18.2 Å². The Balaban J connectivity index is 1.93. The van der Waals surface area contributed by atoms with E-state index in [9.17, 15) is 5.11 Å². The van der Waals surface area contributed by atoms with Gasteiger partial charge in [-0.1, -0.05) is 30.5 Å². The Morgan fingerprint density at radius 1 is 1.44 bits per heavy atom. The van der Waals surface area contributed by atoms with Crippen LogP contribution in [0.25, 0.3) is 0 Å². The van der Waals surface area contributed by atoms with Crippen LogP contribution < -0.4 is 4.74 Å². The molecule has 18 heavy (non-hydrogen) atoms. The summed E-state index contributed by atoms with van der Waals surface area (Å²) in [5.74, 6) is 1.37. The highest BCUT2D eigenvalue weighted by Gasteiger charge is 2.18. The number of rotatable bonds is 5. The van der Waals surface area contributed by atoms with E-state index in [1.54, 1.807) is 13.2 Å². The van der Waals surface area contributed by atoms with Crippen molar-refractivity contribution in [3.63, 3.8) is 0 Å². The Morgan fingerprint density at radius 3 is 2.83 bits per heavy atom. The van der Waals surface area contributed by atoms with Gasteiger partial charge in [0.2, 0.25) is 0 Å². The summed E-state index contributed by atoms with van der Waals surface area (Å²) in [6.07, 6.45) is 4.81. The van der Waals surface area contributed by atoms with Crippen molar-refractivity contribution >= 4 is 23.4 Å². The molecule has 100 valence electrons. The number of thioether (sulfide) groups is 1. The highest BCUT2D eigenvalue weighted by molar-refractivity contribution is 7.99. The van der Waals surface area contributed by atoms with Crippen LogP contribution in [0.2, 0.25) is 5.02 Å². The van der Waals surface area contributed by atoms with Gasteiger partial charge in [-0.2, -0.15) is 11.8 Å². The first-order valence-electron chi connectivity index (χ1n) is 6.34. The summed E-state index contributed by atoms with van der Waals surface area (Å²) < 4.78 is 5.16. The first kappa shape index (κ1) is 14.0. The maximum atomic E-state index is 10.2. The van der Waals surface area contributed by atoms with Gasteiger partial charge in [0.25, 0.3) is 0 Å². The smallest absolute Gasteiger partial charge is 0.137 e. The van der Waals surface area contributed by atoms with E-state index in [4.69, 9.17) is 16.3 Å². The van der Waals surface area contributed by atoms with Crippen LogP contribution in [0.1, 0.15) is 37.4 Å². The van der Waals surface area contributed by atoms with Crippen molar-refractivity contribution in [1.29, 1.82) is 0 Å². The molecule has 0 amide bonds. The lowest BCUT2D eigenvalue weighted by molar-refractivity contribution is 0.203. The SMILES string of the molecule is COc1cc(C(O)CSC2CCCC2)ccc1Cl. The van der Waals surface area contributed by atoms with Crippen LogP contribution in [-0.4, -0.2) is 23.2 Å². The minimum absolute atomic E-state index is 0.443. The molecule has 1 aromatic carbocycles. The Morgan fingerprint density at radius 2 is 2.17 bits per heavy atom. The third-order valence-corrected chi connectivity index (χ3v) is 5.12. The quantitative estimate of drug-likeness (QED) is 0.885. The number of aliphatic hydroxyl groups excluding tert-OH is 1. The second-order valence-electron chi connectivity index (χ2n) is 4.65. The summed E-state index contributed by atoms with van der Waals surface area (Å²) in [5, 5.41) is 11.5. The van der Waals surface area contributed by atoms with Crippen molar-refractivity contribution in [3.05, 3.63) is 28.8 Å². The number of hydrogen-bond donors (Lipinski definition) is 1. The van der Waals surface area contributed by atoms with Crippen LogP contribution in [0.3, 0.4) is 0 Å². The lowest BCUT2D eigenvalue weighted by atomic mass is 10.1. The lowest BCUT2D eigenvalue weighted by Crippen LogP contribution is -2.05. The normalized spacial score (nSPS) is 17.9. The molecule has 1 unspecified atom stereocenters. The summed E-state index contributed by atoms with van der Waals surface area (Å²) in [4.78, 5) is 0. The van der Waals surface area contributed by atoms with Crippen molar-refractivity contribution in [2.45, 2.75) is 37.0 Å². The fourth-order valence-corrected chi connectivity index (χ4v) is 3.77. The molecule has 2 rings (SSSR count). The van der Waals surface area contributed by atoms with Gasteiger partial charge in [0, 0.05) is 11.0 Å². The second kappa shape index (κ2) is 6.69. The summed E-state index contributed by atoms with van der Waals surface area (Å²) in [7, 11) is 1.59. The van der Waals surface area contributed by atoms with E-state index in [2.05, 4.69) is 0 Å². The zero-order chi connectivity index (χ0) is 13.0. The second-order valence-corrected chi connectivity index (χ2v) is 6.39. The summed E-state index contributed by atoms with van der Waals surface area (Å²) >= 11 is 7.85. The maximum absolute atomic E-state index is 10.2. The molecule has 0 saturated heterocycles.